The zero-order valence-corrected chi connectivity index (χ0v) is 18.2. The number of para-hydroxylation sites is 1. The monoisotopic (exact) mass is 442 g/mol. The van der Waals surface area contributed by atoms with Gasteiger partial charge in [-0.2, -0.15) is 0 Å². The second-order valence-corrected chi connectivity index (χ2v) is 8.87. The van der Waals surface area contributed by atoms with E-state index in [0.717, 1.165) is 21.5 Å². The van der Waals surface area contributed by atoms with Crippen molar-refractivity contribution < 1.29 is 22.3 Å². The number of rotatable bonds is 7. The van der Waals surface area contributed by atoms with Gasteiger partial charge < -0.3 is 10.1 Å². The lowest BCUT2D eigenvalue weighted by molar-refractivity contribution is -0.114. The molecule has 0 unspecified atom stereocenters. The van der Waals surface area contributed by atoms with Crippen molar-refractivity contribution in [1.82, 2.24) is 0 Å². The molecule has 0 fully saturated rings. The van der Waals surface area contributed by atoms with Crippen LogP contribution >= 0.6 is 0 Å². The number of benzene rings is 3. The lowest BCUT2D eigenvalue weighted by Crippen LogP contribution is -2.38. The molecule has 0 radical (unpaired) electrons. The number of nitrogens with zero attached hydrogens (tertiary/aromatic N) is 1. The highest BCUT2D eigenvalue weighted by molar-refractivity contribution is 7.92. The molecule has 1 N–H and O–H groups in total. The summed E-state index contributed by atoms with van der Waals surface area (Å²) in [6, 6.07) is 16.7. The van der Waals surface area contributed by atoms with E-state index in [1.807, 2.05) is 26.0 Å². The summed E-state index contributed by atoms with van der Waals surface area (Å²) in [7, 11) is -2.77. The molecule has 0 heterocycles. The molecular weight excluding hydrogens is 419 g/mol. The molecular formula is C23H23FN2O4S. The van der Waals surface area contributed by atoms with Gasteiger partial charge in [0.2, 0.25) is 5.91 Å². The minimum absolute atomic E-state index is 0.0870. The Morgan fingerprint density at radius 2 is 1.71 bits per heavy atom. The number of aryl methyl sites for hydroxylation is 2. The fourth-order valence-electron chi connectivity index (χ4n) is 3.02. The number of amides is 1. The number of methoxy groups -OCH3 is 1. The van der Waals surface area contributed by atoms with Crippen LogP contribution in [0.3, 0.4) is 0 Å². The molecule has 0 aliphatic carbocycles. The van der Waals surface area contributed by atoms with Crippen LogP contribution in [0.4, 0.5) is 15.8 Å². The average molecular weight is 443 g/mol. The van der Waals surface area contributed by atoms with Crippen LogP contribution in [0.25, 0.3) is 0 Å². The van der Waals surface area contributed by atoms with Gasteiger partial charge in [0.15, 0.2) is 0 Å². The first-order chi connectivity index (χ1) is 14.7. The Labute approximate surface area is 181 Å². The summed E-state index contributed by atoms with van der Waals surface area (Å²) < 4.78 is 47.0. The lowest BCUT2D eigenvalue weighted by Gasteiger charge is -2.24. The smallest absolute Gasteiger partial charge is 0.264 e. The van der Waals surface area contributed by atoms with Gasteiger partial charge >= 0.3 is 0 Å². The lowest BCUT2D eigenvalue weighted by atomic mass is 10.1. The van der Waals surface area contributed by atoms with E-state index in [2.05, 4.69) is 5.32 Å². The van der Waals surface area contributed by atoms with E-state index in [9.17, 15) is 17.6 Å². The predicted molar refractivity (Wildman–Crippen MR) is 118 cm³/mol. The third kappa shape index (κ3) is 5.03. The molecule has 6 nitrogen and oxygen atoms in total. The number of sulfonamides is 1. The van der Waals surface area contributed by atoms with Crippen molar-refractivity contribution in [3.05, 3.63) is 83.7 Å². The normalized spacial score (nSPS) is 11.1. The fourth-order valence-corrected chi connectivity index (χ4v) is 4.45. The maximum atomic E-state index is 14.5. The molecule has 0 aliphatic heterocycles. The van der Waals surface area contributed by atoms with E-state index in [-0.39, 0.29) is 10.6 Å². The van der Waals surface area contributed by atoms with Gasteiger partial charge in [-0.1, -0.05) is 24.3 Å². The minimum Gasteiger partial charge on any atom is -0.497 e. The van der Waals surface area contributed by atoms with E-state index in [0.29, 0.717) is 11.4 Å². The second-order valence-electron chi connectivity index (χ2n) is 7.01. The minimum atomic E-state index is -4.23. The first-order valence-electron chi connectivity index (χ1n) is 9.51. The van der Waals surface area contributed by atoms with Gasteiger partial charge in [-0.05, 0) is 67.4 Å². The van der Waals surface area contributed by atoms with Crippen molar-refractivity contribution in [1.29, 1.82) is 0 Å². The first-order valence-corrected chi connectivity index (χ1v) is 10.9. The molecule has 3 aromatic rings. The van der Waals surface area contributed by atoms with Gasteiger partial charge in [-0.3, -0.25) is 9.10 Å². The molecule has 0 bridgehead atoms. The van der Waals surface area contributed by atoms with Gasteiger partial charge in [-0.25, -0.2) is 12.8 Å². The van der Waals surface area contributed by atoms with Crippen molar-refractivity contribution >= 4 is 27.3 Å². The Kier molecular flexibility index (Phi) is 6.60. The molecule has 31 heavy (non-hydrogen) atoms. The summed E-state index contributed by atoms with van der Waals surface area (Å²) in [4.78, 5) is 12.7. The molecule has 8 heteroatoms. The predicted octanol–water partition coefficient (Wildman–Crippen LogP) is 4.29. The van der Waals surface area contributed by atoms with Gasteiger partial charge in [0, 0.05) is 5.69 Å². The van der Waals surface area contributed by atoms with Crippen LogP contribution in [-0.4, -0.2) is 28.0 Å². The Bertz CT molecular complexity index is 1190. The third-order valence-electron chi connectivity index (χ3n) is 4.72. The van der Waals surface area contributed by atoms with Crippen molar-refractivity contribution in [2.75, 3.05) is 23.3 Å². The van der Waals surface area contributed by atoms with Crippen LogP contribution < -0.4 is 14.4 Å². The Morgan fingerprint density at radius 3 is 2.35 bits per heavy atom. The summed E-state index contributed by atoms with van der Waals surface area (Å²) in [5.41, 5.74) is 2.13. The molecule has 0 atom stereocenters. The zero-order valence-electron chi connectivity index (χ0n) is 17.4. The summed E-state index contributed by atoms with van der Waals surface area (Å²) in [6.07, 6.45) is 0. The van der Waals surface area contributed by atoms with Gasteiger partial charge in [0.1, 0.15) is 18.1 Å². The third-order valence-corrected chi connectivity index (χ3v) is 6.50. The number of hydrogen-bond acceptors (Lipinski definition) is 4. The number of carbonyl (C=O) groups is 1. The van der Waals surface area contributed by atoms with Crippen LogP contribution in [-0.2, 0) is 14.8 Å². The van der Waals surface area contributed by atoms with Gasteiger partial charge in [0.25, 0.3) is 10.0 Å². The number of ether oxygens (including phenoxy) is 1. The number of hydrogen-bond donors (Lipinski definition) is 1. The maximum Gasteiger partial charge on any atom is 0.264 e. The van der Waals surface area contributed by atoms with E-state index >= 15 is 0 Å². The van der Waals surface area contributed by atoms with E-state index < -0.39 is 28.3 Å². The SMILES string of the molecule is COc1ccc(S(=O)(=O)N(CC(=O)Nc2cc(C)ccc2C)c2ccccc2F)cc1. The van der Waals surface area contributed by atoms with Crippen molar-refractivity contribution in [2.24, 2.45) is 0 Å². The molecule has 0 saturated carbocycles. The summed E-state index contributed by atoms with van der Waals surface area (Å²) in [5.74, 6) is -0.864. The maximum absolute atomic E-state index is 14.5. The van der Waals surface area contributed by atoms with Crippen molar-refractivity contribution in [2.45, 2.75) is 18.7 Å². The molecule has 3 rings (SSSR count). The Morgan fingerprint density at radius 1 is 1.03 bits per heavy atom. The second kappa shape index (κ2) is 9.18. The van der Waals surface area contributed by atoms with Crippen LogP contribution in [0, 0.1) is 19.7 Å². The highest BCUT2D eigenvalue weighted by atomic mass is 32.2. The molecule has 0 aliphatic rings. The molecule has 162 valence electrons. The highest BCUT2D eigenvalue weighted by Gasteiger charge is 2.29. The Balaban J connectivity index is 1.97. The number of halogens is 1. The number of carbonyl (C=O) groups excluding carboxylic acids is 1. The highest BCUT2D eigenvalue weighted by Crippen LogP contribution is 2.27. The van der Waals surface area contributed by atoms with Crippen LogP contribution in [0.5, 0.6) is 5.75 Å². The molecule has 0 saturated heterocycles. The quantitative estimate of drug-likeness (QED) is 0.592. The zero-order chi connectivity index (χ0) is 22.6. The standard InChI is InChI=1S/C23H23FN2O4S/c1-16-8-9-17(2)21(14-16)25-23(27)15-26(22-7-5-4-6-20(22)24)31(28,29)19-12-10-18(30-3)11-13-19/h4-14H,15H2,1-3H3,(H,25,27). The topological polar surface area (TPSA) is 75.7 Å². The van der Waals surface area contributed by atoms with Crippen LogP contribution in [0.1, 0.15) is 11.1 Å². The average Bonchev–Trinajstić information content (AvgIpc) is 2.75. The van der Waals surface area contributed by atoms with Crippen LogP contribution in [0.15, 0.2) is 71.6 Å². The van der Waals surface area contributed by atoms with Crippen LogP contribution in [0.2, 0.25) is 0 Å². The Hall–Kier alpha value is -3.39. The summed E-state index contributed by atoms with van der Waals surface area (Å²) >= 11 is 0. The summed E-state index contributed by atoms with van der Waals surface area (Å²) in [6.45, 7) is 3.12. The molecule has 0 spiro atoms. The van der Waals surface area contributed by atoms with Gasteiger partial charge in [0.05, 0.1) is 17.7 Å². The van der Waals surface area contributed by atoms with Crippen molar-refractivity contribution in [3.63, 3.8) is 0 Å². The molecule has 3 aromatic carbocycles. The van der Waals surface area contributed by atoms with Crippen molar-refractivity contribution in [3.8, 4) is 5.75 Å². The van der Waals surface area contributed by atoms with E-state index in [1.54, 1.807) is 6.07 Å². The number of anilines is 2. The number of nitrogens with one attached hydrogen (secondary N) is 1. The van der Waals surface area contributed by atoms with E-state index in [1.165, 1.54) is 49.6 Å². The molecule has 1 amide bonds. The van der Waals surface area contributed by atoms with Gasteiger partial charge in [-0.15, -0.1) is 0 Å². The molecule has 0 aromatic heterocycles. The first kappa shape index (κ1) is 22.3. The fraction of sp³-hybridized carbons (Fsp3) is 0.174. The summed E-state index contributed by atoms with van der Waals surface area (Å²) in [5, 5.41) is 2.73. The largest absolute Gasteiger partial charge is 0.497 e. The van der Waals surface area contributed by atoms with E-state index in [4.69, 9.17) is 4.74 Å².